The summed E-state index contributed by atoms with van der Waals surface area (Å²) in [7, 11) is -2.02. The van der Waals surface area contributed by atoms with Crippen molar-refractivity contribution in [3.05, 3.63) is 24.3 Å². The van der Waals surface area contributed by atoms with E-state index in [1.54, 1.807) is 0 Å². The first kappa shape index (κ1) is 24.3. The predicted molar refractivity (Wildman–Crippen MR) is 114 cm³/mol. The van der Waals surface area contributed by atoms with Crippen molar-refractivity contribution in [3.63, 3.8) is 0 Å². The van der Waals surface area contributed by atoms with Crippen molar-refractivity contribution in [2.24, 2.45) is 5.92 Å². The number of ketones is 1. The summed E-state index contributed by atoms with van der Waals surface area (Å²) in [6, 6.07) is 0. The zero-order valence-electron chi connectivity index (χ0n) is 18.3. The summed E-state index contributed by atoms with van der Waals surface area (Å²) in [5.41, 5.74) is 2.60. The summed E-state index contributed by atoms with van der Waals surface area (Å²) in [6.45, 7) is 20.1. The van der Waals surface area contributed by atoms with E-state index in [1.807, 2.05) is 6.92 Å². The Hall–Kier alpha value is -0.753. The Labute approximate surface area is 167 Å². The molecule has 156 valence electrons. The normalized spacial score (nSPS) is 22.1. The van der Waals surface area contributed by atoms with Crippen molar-refractivity contribution in [1.82, 2.24) is 0 Å². The predicted octanol–water partition coefficient (Wildman–Crippen LogP) is 5.38. The van der Waals surface area contributed by atoms with Gasteiger partial charge in [-0.15, -0.1) is 6.58 Å². The van der Waals surface area contributed by atoms with E-state index in [9.17, 15) is 9.90 Å². The largest absolute Gasteiger partial charge is 0.416 e. The minimum absolute atomic E-state index is 0.0559. The zero-order chi connectivity index (χ0) is 20.8. The van der Waals surface area contributed by atoms with Crippen LogP contribution in [0.15, 0.2) is 24.3 Å². The molecule has 0 aromatic rings. The molecule has 0 radical (unpaired) electrons. The monoisotopic (exact) mass is 396 g/mol. The van der Waals surface area contributed by atoms with Crippen molar-refractivity contribution < 1.29 is 19.1 Å². The fourth-order valence-corrected chi connectivity index (χ4v) is 10.1. The highest BCUT2D eigenvalue weighted by atomic mass is 28.4. The number of ether oxygens (including phenoxy) is 1. The fourth-order valence-electron chi connectivity index (χ4n) is 4.62. The number of aliphatic hydroxyl groups excluding tert-OH is 1. The maximum atomic E-state index is 12.4. The SMILES string of the molecule is C=C(C)CCC[C@H](CO[Si](C(C)C)(C(C)C)C(C)C)C1OC(O)C=CC1=O. The van der Waals surface area contributed by atoms with Gasteiger partial charge in [-0.3, -0.25) is 4.79 Å². The van der Waals surface area contributed by atoms with E-state index >= 15 is 0 Å². The quantitative estimate of drug-likeness (QED) is 0.376. The van der Waals surface area contributed by atoms with Crippen LogP contribution in [-0.2, 0) is 14.0 Å². The van der Waals surface area contributed by atoms with Gasteiger partial charge in [0.25, 0.3) is 0 Å². The summed E-state index contributed by atoms with van der Waals surface area (Å²) in [5.74, 6) is -0.130. The highest BCUT2D eigenvalue weighted by Crippen LogP contribution is 2.43. The molecule has 0 spiro atoms. The van der Waals surface area contributed by atoms with Crippen LogP contribution in [0.4, 0.5) is 0 Å². The van der Waals surface area contributed by atoms with Gasteiger partial charge >= 0.3 is 0 Å². The number of carbonyl (C=O) groups excluding carboxylic acids is 1. The average Bonchev–Trinajstić information content (AvgIpc) is 2.54. The molecule has 0 aromatic heterocycles. The van der Waals surface area contributed by atoms with Crippen LogP contribution in [0.5, 0.6) is 0 Å². The summed E-state index contributed by atoms with van der Waals surface area (Å²) < 4.78 is 12.3. The third-order valence-corrected chi connectivity index (χ3v) is 11.9. The van der Waals surface area contributed by atoms with E-state index in [1.165, 1.54) is 12.2 Å². The molecule has 1 rings (SSSR count). The molecule has 2 unspecified atom stereocenters. The van der Waals surface area contributed by atoms with Crippen molar-refractivity contribution in [1.29, 1.82) is 0 Å². The molecule has 1 aliphatic heterocycles. The molecule has 1 heterocycles. The first-order chi connectivity index (χ1) is 12.5. The molecule has 1 aliphatic rings. The first-order valence-electron chi connectivity index (χ1n) is 10.4. The molecule has 0 saturated carbocycles. The van der Waals surface area contributed by atoms with Gasteiger partial charge < -0.3 is 14.3 Å². The van der Waals surface area contributed by atoms with Gasteiger partial charge in [0.2, 0.25) is 0 Å². The molecule has 0 aliphatic carbocycles. The lowest BCUT2D eigenvalue weighted by Crippen LogP contribution is -2.50. The van der Waals surface area contributed by atoms with E-state index in [0.717, 1.165) is 24.8 Å². The smallest absolute Gasteiger partial charge is 0.200 e. The Morgan fingerprint density at radius 2 is 1.78 bits per heavy atom. The van der Waals surface area contributed by atoms with Crippen LogP contribution in [0, 0.1) is 5.92 Å². The lowest BCUT2D eigenvalue weighted by atomic mass is 9.92. The minimum atomic E-state index is -2.02. The molecule has 0 amide bonds. The van der Waals surface area contributed by atoms with Crippen molar-refractivity contribution in [2.45, 2.75) is 96.7 Å². The highest BCUT2D eigenvalue weighted by molar-refractivity contribution is 6.77. The Kier molecular flexibility index (Phi) is 9.62. The van der Waals surface area contributed by atoms with E-state index in [2.05, 4.69) is 48.1 Å². The maximum Gasteiger partial charge on any atom is 0.200 e. The summed E-state index contributed by atoms with van der Waals surface area (Å²) in [4.78, 5) is 12.4. The van der Waals surface area contributed by atoms with Crippen LogP contribution >= 0.6 is 0 Å². The minimum Gasteiger partial charge on any atom is -0.416 e. The molecule has 1 N–H and O–H groups in total. The summed E-state index contributed by atoms with van der Waals surface area (Å²) in [6.07, 6.45) is 3.89. The van der Waals surface area contributed by atoms with Crippen LogP contribution < -0.4 is 0 Å². The number of rotatable bonds is 11. The third kappa shape index (κ3) is 6.38. The third-order valence-electron chi connectivity index (χ3n) is 5.85. The van der Waals surface area contributed by atoms with Gasteiger partial charge in [-0.1, -0.05) is 47.1 Å². The van der Waals surface area contributed by atoms with E-state index in [-0.39, 0.29) is 11.7 Å². The first-order valence-corrected chi connectivity index (χ1v) is 12.5. The number of aliphatic hydroxyl groups is 1. The number of hydrogen-bond donors (Lipinski definition) is 1. The summed E-state index contributed by atoms with van der Waals surface area (Å²) in [5, 5.41) is 9.85. The second kappa shape index (κ2) is 10.7. The number of allylic oxidation sites excluding steroid dienone is 1. The van der Waals surface area contributed by atoms with Crippen LogP contribution in [0.1, 0.15) is 67.7 Å². The van der Waals surface area contributed by atoms with Gasteiger partial charge in [-0.25, -0.2) is 0 Å². The lowest BCUT2D eigenvalue weighted by molar-refractivity contribution is -0.158. The highest BCUT2D eigenvalue weighted by Gasteiger charge is 2.46. The Bertz CT molecular complexity index is 503. The van der Waals surface area contributed by atoms with Gasteiger partial charge in [0.15, 0.2) is 20.4 Å². The standard InChI is InChI=1S/C22H40O4Si/c1-15(2)10-9-11-19(22-20(23)12-13-21(24)26-22)14-25-27(16(3)4,17(5)6)18(7)8/h12-13,16-19,21-22,24H,1,9-11,14H2,2-8H3/t19-,21?,22?/m1/s1. The van der Waals surface area contributed by atoms with Crippen LogP contribution in [0.25, 0.3) is 0 Å². The Balaban J connectivity index is 2.99. The molecule has 0 aromatic carbocycles. The molecule has 0 bridgehead atoms. The van der Waals surface area contributed by atoms with Gasteiger partial charge in [-0.2, -0.15) is 0 Å². The maximum absolute atomic E-state index is 12.4. The van der Waals surface area contributed by atoms with Crippen molar-refractivity contribution in [2.75, 3.05) is 6.61 Å². The summed E-state index contributed by atoms with van der Waals surface area (Å²) >= 11 is 0. The second-order valence-electron chi connectivity index (χ2n) is 8.95. The van der Waals surface area contributed by atoms with Gasteiger partial charge in [0.1, 0.15) is 6.10 Å². The molecular weight excluding hydrogens is 356 g/mol. The van der Waals surface area contributed by atoms with Crippen LogP contribution in [-0.4, -0.2) is 38.2 Å². The topological polar surface area (TPSA) is 55.8 Å². The van der Waals surface area contributed by atoms with Gasteiger partial charge in [0.05, 0.1) is 0 Å². The number of carbonyl (C=O) groups is 1. The van der Waals surface area contributed by atoms with E-state index in [4.69, 9.17) is 9.16 Å². The second-order valence-corrected chi connectivity index (χ2v) is 14.4. The molecule has 0 saturated heterocycles. The lowest BCUT2D eigenvalue weighted by Gasteiger charge is -2.43. The zero-order valence-corrected chi connectivity index (χ0v) is 19.3. The van der Waals surface area contributed by atoms with Gasteiger partial charge in [0, 0.05) is 12.5 Å². The Morgan fingerprint density at radius 3 is 2.26 bits per heavy atom. The van der Waals surface area contributed by atoms with Crippen LogP contribution in [0.2, 0.25) is 16.6 Å². The average molecular weight is 397 g/mol. The molecule has 4 nitrogen and oxygen atoms in total. The van der Waals surface area contributed by atoms with Crippen molar-refractivity contribution in [3.8, 4) is 0 Å². The fraction of sp³-hybridized carbons (Fsp3) is 0.773. The number of hydrogen-bond acceptors (Lipinski definition) is 4. The Morgan fingerprint density at radius 1 is 1.22 bits per heavy atom. The van der Waals surface area contributed by atoms with E-state index in [0.29, 0.717) is 23.2 Å². The molecule has 0 fully saturated rings. The van der Waals surface area contributed by atoms with Crippen molar-refractivity contribution >= 4 is 14.1 Å². The molecule has 3 atom stereocenters. The van der Waals surface area contributed by atoms with Crippen LogP contribution in [0.3, 0.4) is 0 Å². The van der Waals surface area contributed by atoms with E-state index < -0.39 is 20.7 Å². The van der Waals surface area contributed by atoms with Gasteiger partial charge in [-0.05, 0) is 55.0 Å². The molecule has 5 heteroatoms. The molecule has 27 heavy (non-hydrogen) atoms. The molecular formula is C22H40O4Si.